The second kappa shape index (κ2) is 7.93. The highest BCUT2D eigenvalue weighted by Crippen LogP contribution is 2.45. The van der Waals surface area contributed by atoms with Gasteiger partial charge in [-0.2, -0.15) is 22.0 Å². The topological polar surface area (TPSA) is 85.7 Å². The molecule has 1 aromatic heterocycles. The summed E-state index contributed by atoms with van der Waals surface area (Å²) in [5, 5.41) is 10.7. The zero-order valence-corrected chi connectivity index (χ0v) is 16.6. The number of Topliss-reactive ketones (excluding diaryl/α,β-unsaturated/α-hetero) is 2. The summed E-state index contributed by atoms with van der Waals surface area (Å²) in [6, 6.07) is 0.397. The second-order valence-corrected chi connectivity index (χ2v) is 7.42. The minimum Gasteiger partial charge on any atom is -0.506 e. The van der Waals surface area contributed by atoms with Gasteiger partial charge in [-0.1, -0.05) is 13.8 Å². The van der Waals surface area contributed by atoms with E-state index in [0.29, 0.717) is 6.07 Å². The highest BCUT2D eigenvalue weighted by molar-refractivity contribution is 6.27. The van der Waals surface area contributed by atoms with E-state index in [-0.39, 0.29) is 18.4 Å². The molecule has 0 unspecified atom stereocenters. The number of carbonyl (C=O) groups excluding carboxylic acids is 2. The van der Waals surface area contributed by atoms with E-state index in [2.05, 4.69) is 4.98 Å². The molecule has 0 radical (unpaired) electrons. The number of allylic oxidation sites excluding steroid dienone is 1. The number of methoxy groups -OCH3 is 2. The number of nitrogens with zero attached hydrogens (tertiary/aromatic N) is 1. The maximum atomic E-state index is 13.8. The van der Waals surface area contributed by atoms with Gasteiger partial charge in [0, 0.05) is 18.9 Å². The van der Waals surface area contributed by atoms with Crippen molar-refractivity contribution in [2.24, 2.45) is 5.41 Å². The number of aliphatic hydroxyl groups excluding tert-OH is 1. The molecule has 1 N–H and O–H groups in total. The standard InChI is InChI=1S/C19H20F5NO5/c1-17(2)6-5-10(26)13(15(17)28)14(27)12-9(8-29-3)7-11(25-16(12)30-4)18(20,21)19(22,23)24/h7,27H,5-6,8H2,1-4H3/b14-13-. The summed E-state index contributed by atoms with van der Waals surface area (Å²) in [6.07, 6.45) is -5.76. The van der Waals surface area contributed by atoms with Crippen molar-refractivity contribution >= 4 is 17.3 Å². The molecule has 0 amide bonds. The number of hydrogen-bond donors (Lipinski definition) is 1. The third kappa shape index (κ3) is 4.03. The molecule has 0 aromatic carbocycles. The monoisotopic (exact) mass is 437 g/mol. The molecule has 30 heavy (non-hydrogen) atoms. The van der Waals surface area contributed by atoms with E-state index in [1.165, 1.54) is 0 Å². The molecule has 0 saturated heterocycles. The van der Waals surface area contributed by atoms with Gasteiger partial charge in [0.05, 0.1) is 19.3 Å². The van der Waals surface area contributed by atoms with Crippen LogP contribution in [0, 0.1) is 5.41 Å². The summed E-state index contributed by atoms with van der Waals surface area (Å²) < 4.78 is 75.8. The first-order valence-electron chi connectivity index (χ1n) is 8.72. The van der Waals surface area contributed by atoms with E-state index in [0.717, 1.165) is 14.2 Å². The van der Waals surface area contributed by atoms with Crippen LogP contribution in [-0.2, 0) is 26.9 Å². The van der Waals surface area contributed by atoms with Crippen molar-refractivity contribution in [3.63, 3.8) is 0 Å². The van der Waals surface area contributed by atoms with Gasteiger partial charge in [-0.25, -0.2) is 4.98 Å². The third-order valence-corrected chi connectivity index (χ3v) is 4.81. The second-order valence-electron chi connectivity index (χ2n) is 7.42. The van der Waals surface area contributed by atoms with Crippen LogP contribution >= 0.6 is 0 Å². The number of hydrogen-bond acceptors (Lipinski definition) is 6. The summed E-state index contributed by atoms with van der Waals surface area (Å²) in [5.74, 6) is -8.41. The summed E-state index contributed by atoms with van der Waals surface area (Å²) in [6.45, 7) is 2.60. The molecule has 0 aliphatic heterocycles. The molecule has 0 spiro atoms. The molecule has 166 valence electrons. The average Bonchev–Trinajstić information content (AvgIpc) is 2.64. The molecule has 0 bridgehead atoms. The number of aliphatic hydroxyl groups is 1. The molecule has 1 saturated carbocycles. The SMILES string of the molecule is COCc1cc(C(F)(F)C(F)(F)F)nc(OC)c1/C(O)=C1\C(=O)CCC(C)(C)C1=O. The number of aromatic nitrogens is 1. The number of rotatable bonds is 5. The Bertz CT molecular complexity index is 905. The highest BCUT2D eigenvalue weighted by atomic mass is 19.4. The Hall–Kier alpha value is -2.56. The summed E-state index contributed by atoms with van der Waals surface area (Å²) in [4.78, 5) is 28.2. The third-order valence-electron chi connectivity index (χ3n) is 4.81. The number of alkyl halides is 5. The van der Waals surface area contributed by atoms with Gasteiger partial charge in [0.2, 0.25) is 5.88 Å². The van der Waals surface area contributed by atoms with E-state index >= 15 is 0 Å². The zero-order chi connectivity index (χ0) is 23.1. The summed E-state index contributed by atoms with van der Waals surface area (Å²) in [5.41, 5.74) is -4.07. The van der Waals surface area contributed by atoms with Crippen LogP contribution < -0.4 is 4.74 Å². The van der Waals surface area contributed by atoms with Gasteiger partial charge in [-0.3, -0.25) is 9.59 Å². The van der Waals surface area contributed by atoms with E-state index in [9.17, 15) is 36.6 Å². The zero-order valence-electron chi connectivity index (χ0n) is 16.6. The molecule has 1 fully saturated rings. The van der Waals surface area contributed by atoms with Crippen LogP contribution in [0.1, 0.15) is 43.5 Å². The Kier molecular flexibility index (Phi) is 6.27. The normalized spacial score (nSPS) is 19.1. The molecule has 1 aliphatic rings. The number of ketones is 2. The lowest BCUT2D eigenvalue weighted by Gasteiger charge is -2.29. The smallest absolute Gasteiger partial charge is 0.459 e. The summed E-state index contributed by atoms with van der Waals surface area (Å²) >= 11 is 0. The Labute approximate surface area is 168 Å². The fourth-order valence-corrected chi connectivity index (χ4v) is 3.04. The lowest BCUT2D eigenvalue weighted by molar-refractivity contribution is -0.291. The maximum absolute atomic E-state index is 13.8. The molecule has 11 heteroatoms. The van der Waals surface area contributed by atoms with Crippen molar-refractivity contribution < 1.29 is 46.1 Å². The molecule has 1 aromatic rings. The van der Waals surface area contributed by atoms with Crippen LogP contribution in [0.25, 0.3) is 5.76 Å². The number of ether oxygens (including phenoxy) is 2. The van der Waals surface area contributed by atoms with Crippen LogP contribution in [0.15, 0.2) is 11.6 Å². The predicted octanol–water partition coefficient (Wildman–Crippen LogP) is 4.12. The van der Waals surface area contributed by atoms with Crippen molar-refractivity contribution in [3.8, 4) is 5.88 Å². The molecular formula is C19H20F5NO5. The first-order valence-corrected chi connectivity index (χ1v) is 8.72. The van der Waals surface area contributed by atoms with Gasteiger partial charge < -0.3 is 14.6 Å². The molecule has 1 heterocycles. The van der Waals surface area contributed by atoms with Gasteiger partial charge >= 0.3 is 12.1 Å². The molecule has 0 atom stereocenters. The fraction of sp³-hybridized carbons (Fsp3) is 0.526. The van der Waals surface area contributed by atoms with Crippen molar-refractivity contribution in [3.05, 3.63) is 28.5 Å². The van der Waals surface area contributed by atoms with Gasteiger partial charge in [-0.05, 0) is 18.1 Å². The van der Waals surface area contributed by atoms with Crippen LogP contribution in [0.2, 0.25) is 0 Å². The molecular weight excluding hydrogens is 417 g/mol. The number of carbonyl (C=O) groups is 2. The first kappa shape index (κ1) is 23.7. The van der Waals surface area contributed by atoms with Gasteiger partial charge in [-0.15, -0.1) is 0 Å². The van der Waals surface area contributed by atoms with Crippen molar-refractivity contribution in [1.82, 2.24) is 4.98 Å². The van der Waals surface area contributed by atoms with Crippen LogP contribution in [0.5, 0.6) is 5.88 Å². The predicted molar refractivity (Wildman–Crippen MR) is 94.0 cm³/mol. The van der Waals surface area contributed by atoms with Gasteiger partial charge in [0.25, 0.3) is 0 Å². The number of halogens is 5. The van der Waals surface area contributed by atoms with E-state index in [4.69, 9.17) is 9.47 Å². The van der Waals surface area contributed by atoms with Gasteiger partial charge in [0.1, 0.15) is 17.0 Å². The minimum absolute atomic E-state index is 0.0578. The highest BCUT2D eigenvalue weighted by Gasteiger charge is 2.60. The maximum Gasteiger partial charge on any atom is 0.459 e. The minimum atomic E-state index is -5.93. The van der Waals surface area contributed by atoms with Crippen molar-refractivity contribution in [1.29, 1.82) is 0 Å². The van der Waals surface area contributed by atoms with Crippen LogP contribution in [0.3, 0.4) is 0 Å². The van der Waals surface area contributed by atoms with Crippen LogP contribution in [0.4, 0.5) is 22.0 Å². The van der Waals surface area contributed by atoms with Crippen LogP contribution in [-0.4, -0.2) is 42.1 Å². The first-order chi connectivity index (χ1) is 13.7. The Morgan fingerprint density at radius 1 is 1.20 bits per heavy atom. The van der Waals surface area contributed by atoms with E-state index < -0.39 is 64.2 Å². The van der Waals surface area contributed by atoms with Crippen molar-refractivity contribution in [2.45, 2.75) is 45.4 Å². The lowest BCUT2D eigenvalue weighted by atomic mass is 9.72. The molecule has 6 nitrogen and oxygen atoms in total. The van der Waals surface area contributed by atoms with Gasteiger partial charge in [0.15, 0.2) is 11.6 Å². The van der Waals surface area contributed by atoms with E-state index in [1.807, 2.05) is 0 Å². The molecule has 1 aliphatic carbocycles. The van der Waals surface area contributed by atoms with Crippen molar-refractivity contribution in [2.75, 3.05) is 14.2 Å². The Morgan fingerprint density at radius 2 is 1.80 bits per heavy atom. The fourth-order valence-electron chi connectivity index (χ4n) is 3.04. The summed E-state index contributed by atoms with van der Waals surface area (Å²) in [7, 11) is 2.08. The lowest BCUT2D eigenvalue weighted by Crippen LogP contribution is -2.36. The Morgan fingerprint density at radius 3 is 2.30 bits per heavy atom. The molecule has 2 rings (SSSR count). The average molecular weight is 437 g/mol. The Balaban J connectivity index is 2.82. The quantitative estimate of drug-likeness (QED) is 0.323. The largest absolute Gasteiger partial charge is 0.506 e. The number of pyridine rings is 1. The van der Waals surface area contributed by atoms with E-state index in [1.54, 1.807) is 13.8 Å².